The minimum Gasteiger partial charge on any atom is -0.491 e. The highest BCUT2D eigenvalue weighted by Crippen LogP contribution is 2.19. The zero-order valence-corrected chi connectivity index (χ0v) is 10.6. The molecule has 1 aromatic carbocycles. The highest BCUT2D eigenvalue weighted by molar-refractivity contribution is 5.76. The maximum absolute atomic E-state index is 11.6. The number of amides is 1. The number of hydrogen-bond donors (Lipinski definition) is 1. The molecule has 1 aliphatic rings. The van der Waals surface area contributed by atoms with Crippen LogP contribution in [0.25, 0.3) is 0 Å². The fourth-order valence-corrected chi connectivity index (χ4v) is 2.15. The summed E-state index contributed by atoms with van der Waals surface area (Å²) in [5.74, 6) is 1.00. The van der Waals surface area contributed by atoms with Crippen molar-refractivity contribution >= 4 is 11.6 Å². The van der Waals surface area contributed by atoms with Crippen molar-refractivity contribution in [1.82, 2.24) is 4.90 Å². The van der Waals surface area contributed by atoms with E-state index in [-0.39, 0.29) is 5.91 Å². The van der Waals surface area contributed by atoms with Crippen molar-refractivity contribution in [3.63, 3.8) is 0 Å². The maximum Gasteiger partial charge on any atom is 0.222 e. The third-order valence-electron chi connectivity index (χ3n) is 3.17. The summed E-state index contributed by atoms with van der Waals surface area (Å²) in [6.45, 7) is 2.27. The number of benzene rings is 1. The van der Waals surface area contributed by atoms with Crippen molar-refractivity contribution in [2.75, 3.05) is 25.4 Å². The van der Waals surface area contributed by atoms with E-state index < -0.39 is 0 Å². The molecule has 2 N–H and O–H groups in total. The summed E-state index contributed by atoms with van der Waals surface area (Å²) in [6, 6.07) is 7.47. The Morgan fingerprint density at radius 3 is 2.89 bits per heavy atom. The number of para-hydroxylation sites is 2. The monoisotopic (exact) mass is 248 g/mol. The number of nitrogens with two attached hydrogens (primary N) is 1. The van der Waals surface area contributed by atoms with Crippen LogP contribution in [0.4, 0.5) is 5.69 Å². The van der Waals surface area contributed by atoms with Crippen molar-refractivity contribution in [3.8, 4) is 5.75 Å². The summed E-state index contributed by atoms with van der Waals surface area (Å²) in [4.78, 5) is 13.5. The second-order valence-corrected chi connectivity index (χ2v) is 4.58. The Kier molecular flexibility index (Phi) is 4.45. The van der Waals surface area contributed by atoms with E-state index in [9.17, 15) is 4.79 Å². The van der Waals surface area contributed by atoms with Gasteiger partial charge < -0.3 is 15.4 Å². The molecule has 18 heavy (non-hydrogen) atoms. The van der Waals surface area contributed by atoms with Gasteiger partial charge in [-0.1, -0.05) is 12.1 Å². The lowest BCUT2D eigenvalue weighted by Crippen LogP contribution is -2.36. The van der Waals surface area contributed by atoms with Gasteiger partial charge in [0.25, 0.3) is 0 Å². The van der Waals surface area contributed by atoms with E-state index in [2.05, 4.69) is 0 Å². The van der Waals surface area contributed by atoms with Crippen molar-refractivity contribution in [2.45, 2.75) is 25.7 Å². The molecule has 0 unspecified atom stereocenters. The highest BCUT2D eigenvalue weighted by atomic mass is 16.5. The fraction of sp³-hybridized carbons (Fsp3) is 0.500. The number of nitrogen functional groups attached to an aromatic ring is 1. The van der Waals surface area contributed by atoms with Crippen molar-refractivity contribution in [3.05, 3.63) is 24.3 Å². The lowest BCUT2D eigenvalue weighted by atomic mass is 10.1. The van der Waals surface area contributed by atoms with Gasteiger partial charge in [-0.2, -0.15) is 0 Å². The van der Waals surface area contributed by atoms with Gasteiger partial charge in [-0.3, -0.25) is 4.79 Å². The first-order chi connectivity index (χ1) is 8.77. The Morgan fingerprint density at radius 1 is 1.28 bits per heavy atom. The first kappa shape index (κ1) is 12.7. The molecular formula is C14H20N2O2. The third-order valence-corrected chi connectivity index (χ3v) is 3.17. The summed E-state index contributed by atoms with van der Waals surface area (Å²) in [6.07, 6.45) is 3.71. The van der Waals surface area contributed by atoms with E-state index in [4.69, 9.17) is 10.5 Å². The summed E-state index contributed by atoms with van der Waals surface area (Å²) in [7, 11) is 0. The number of nitrogens with zero attached hydrogens (tertiary/aromatic N) is 1. The summed E-state index contributed by atoms with van der Waals surface area (Å²) in [5.41, 5.74) is 6.44. The number of carbonyl (C=O) groups is 1. The highest BCUT2D eigenvalue weighted by Gasteiger charge is 2.16. The second kappa shape index (κ2) is 6.28. The number of carbonyl (C=O) groups excluding carboxylic acids is 1. The molecular weight excluding hydrogens is 228 g/mol. The van der Waals surface area contributed by atoms with Crippen LogP contribution in [0.2, 0.25) is 0 Å². The average Bonchev–Trinajstić information content (AvgIpc) is 2.38. The normalized spacial score (nSPS) is 15.8. The van der Waals surface area contributed by atoms with Crippen LogP contribution >= 0.6 is 0 Å². The zero-order valence-electron chi connectivity index (χ0n) is 10.6. The molecule has 1 aromatic rings. The van der Waals surface area contributed by atoms with Crippen LogP contribution in [0.5, 0.6) is 5.75 Å². The molecule has 0 radical (unpaired) electrons. The van der Waals surface area contributed by atoms with E-state index in [1.165, 1.54) is 0 Å². The first-order valence-electron chi connectivity index (χ1n) is 6.52. The van der Waals surface area contributed by atoms with Gasteiger partial charge >= 0.3 is 0 Å². The van der Waals surface area contributed by atoms with E-state index >= 15 is 0 Å². The number of rotatable bonds is 5. The molecule has 2 rings (SSSR count). The van der Waals surface area contributed by atoms with Crippen molar-refractivity contribution in [2.24, 2.45) is 0 Å². The van der Waals surface area contributed by atoms with Crippen molar-refractivity contribution in [1.29, 1.82) is 0 Å². The smallest absolute Gasteiger partial charge is 0.222 e. The molecule has 1 heterocycles. The standard InChI is InChI=1S/C14H20N2O2/c15-12-6-1-2-7-13(12)18-11-5-10-16-9-4-3-8-14(16)17/h1-2,6-7H,3-5,8-11,15H2. The second-order valence-electron chi connectivity index (χ2n) is 4.58. The molecule has 0 spiro atoms. The Balaban J connectivity index is 1.70. The summed E-state index contributed by atoms with van der Waals surface area (Å²) < 4.78 is 5.60. The Morgan fingerprint density at radius 2 is 2.11 bits per heavy atom. The molecule has 1 fully saturated rings. The molecule has 0 aromatic heterocycles. The van der Waals surface area contributed by atoms with E-state index in [0.29, 0.717) is 18.7 Å². The van der Waals surface area contributed by atoms with Crippen LogP contribution in [-0.2, 0) is 4.79 Å². The molecule has 1 aliphatic heterocycles. The van der Waals surface area contributed by atoms with Gasteiger partial charge in [-0.15, -0.1) is 0 Å². The number of ether oxygens (including phenoxy) is 1. The van der Waals surface area contributed by atoms with Crippen LogP contribution in [-0.4, -0.2) is 30.5 Å². The Hall–Kier alpha value is -1.71. The molecule has 98 valence electrons. The number of hydrogen-bond acceptors (Lipinski definition) is 3. The minimum absolute atomic E-state index is 0.278. The van der Waals surface area contributed by atoms with E-state index in [1.807, 2.05) is 29.2 Å². The molecule has 0 aliphatic carbocycles. The van der Waals surface area contributed by atoms with Crippen LogP contribution < -0.4 is 10.5 Å². The molecule has 1 amide bonds. The quantitative estimate of drug-likeness (QED) is 0.641. The molecule has 4 nitrogen and oxygen atoms in total. The SMILES string of the molecule is Nc1ccccc1OCCCN1CCCCC1=O. The van der Waals surface area contributed by atoms with Crippen LogP contribution in [0.1, 0.15) is 25.7 Å². The largest absolute Gasteiger partial charge is 0.491 e. The minimum atomic E-state index is 0.278. The van der Waals surface area contributed by atoms with Gasteiger partial charge in [0.2, 0.25) is 5.91 Å². The first-order valence-corrected chi connectivity index (χ1v) is 6.52. The maximum atomic E-state index is 11.6. The summed E-state index contributed by atoms with van der Waals surface area (Å²) >= 11 is 0. The van der Waals surface area contributed by atoms with Gasteiger partial charge in [0.05, 0.1) is 12.3 Å². The third kappa shape index (κ3) is 3.39. The van der Waals surface area contributed by atoms with E-state index in [0.717, 1.165) is 38.1 Å². The van der Waals surface area contributed by atoms with Gasteiger partial charge in [-0.05, 0) is 31.4 Å². The predicted molar refractivity (Wildman–Crippen MR) is 71.4 cm³/mol. The molecule has 0 saturated carbocycles. The van der Waals surface area contributed by atoms with Crippen molar-refractivity contribution < 1.29 is 9.53 Å². The predicted octanol–water partition coefficient (Wildman–Crippen LogP) is 2.05. The molecule has 4 heteroatoms. The lowest BCUT2D eigenvalue weighted by molar-refractivity contribution is -0.133. The molecule has 0 atom stereocenters. The van der Waals surface area contributed by atoms with Gasteiger partial charge in [-0.25, -0.2) is 0 Å². The Bertz CT molecular complexity index is 407. The number of anilines is 1. The van der Waals surface area contributed by atoms with Crippen LogP contribution in [0, 0.1) is 0 Å². The average molecular weight is 248 g/mol. The van der Waals surface area contributed by atoms with E-state index in [1.54, 1.807) is 0 Å². The lowest BCUT2D eigenvalue weighted by Gasteiger charge is -2.26. The van der Waals surface area contributed by atoms with Gasteiger partial charge in [0, 0.05) is 19.5 Å². The van der Waals surface area contributed by atoms with Crippen LogP contribution in [0.15, 0.2) is 24.3 Å². The topological polar surface area (TPSA) is 55.6 Å². The number of likely N-dealkylation sites (tertiary alicyclic amines) is 1. The zero-order chi connectivity index (χ0) is 12.8. The van der Waals surface area contributed by atoms with Gasteiger partial charge in [0.1, 0.15) is 5.75 Å². The number of piperidine rings is 1. The molecule has 1 saturated heterocycles. The van der Waals surface area contributed by atoms with Crippen LogP contribution in [0.3, 0.4) is 0 Å². The summed E-state index contributed by atoms with van der Waals surface area (Å²) in [5, 5.41) is 0. The Labute approximate surface area is 108 Å². The fourth-order valence-electron chi connectivity index (χ4n) is 2.15. The molecule has 0 bridgehead atoms. The van der Waals surface area contributed by atoms with Gasteiger partial charge in [0.15, 0.2) is 0 Å².